The lowest BCUT2D eigenvalue weighted by atomic mass is 10.2. The van der Waals surface area contributed by atoms with E-state index >= 15 is 0 Å². The van der Waals surface area contributed by atoms with E-state index in [1.54, 1.807) is 6.26 Å². The number of nitrogens with one attached hydrogen (secondary N) is 2. The largest absolute Gasteiger partial charge is 0.390 e. The van der Waals surface area contributed by atoms with E-state index < -0.39 is 0 Å². The van der Waals surface area contributed by atoms with Crippen LogP contribution in [0.25, 0.3) is 11.3 Å². The van der Waals surface area contributed by atoms with Gasteiger partial charge in [0.1, 0.15) is 6.26 Å². The van der Waals surface area contributed by atoms with Crippen LogP contribution in [0.3, 0.4) is 0 Å². The van der Waals surface area contributed by atoms with Gasteiger partial charge in [0.15, 0.2) is 0 Å². The maximum Gasteiger partial charge on any atom is 0.119 e. The summed E-state index contributed by atoms with van der Waals surface area (Å²) in [5.41, 5.74) is 1.93. The molecule has 2 rings (SSSR count). The number of rotatable bonds is 1. The van der Waals surface area contributed by atoms with E-state index in [1.165, 1.54) is 11.5 Å². The Morgan fingerprint density at radius 2 is 1.94 bits per heavy atom. The summed E-state index contributed by atoms with van der Waals surface area (Å²) in [4.78, 5) is 0. The van der Waals surface area contributed by atoms with Crippen LogP contribution in [0.1, 0.15) is 0 Å². The number of aromatic nitrogens is 2. The van der Waals surface area contributed by atoms with Gasteiger partial charge in [-0.25, -0.2) is 5.16 Å². The number of H-pyrrole nitrogens is 2. The number of hydrogen-bond acceptors (Lipinski definition) is 2. The van der Waals surface area contributed by atoms with Gasteiger partial charge in [0, 0.05) is 17.1 Å². The normalized spacial score (nSPS) is 9.25. The molecule has 0 unspecified atom stereocenters. The van der Waals surface area contributed by atoms with Crippen LogP contribution in [-0.2, 0) is 0 Å². The molecular formula is C12H12N2OS. The highest BCUT2D eigenvalue weighted by atomic mass is 32.1. The van der Waals surface area contributed by atoms with Crippen molar-refractivity contribution in [3.63, 3.8) is 0 Å². The molecule has 0 bridgehead atoms. The zero-order chi connectivity index (χ0) is 11.1. The lowest BCUT2D eigenvalue weighted by Gasteiger charge is -1.96. The van der Waals surface area contributed by atoms with Crippen LogP contribution in [-0.4, -0.2) is 9.53 Å². The van der Waals surface area contributed by atoms with Gasteiger partial charge in [0.2, 0.25) is 0 Å². The van der Waals surface area contributed by atoms with Crippen LogP contribution in [0.2, 0.25) is 0 Å². The molecule has 0 fully saturated rings. The predicted octanol–water partition coefficient (Wildman–Crippen LogP) is 3.91. The van der Waals surface area contributed by atoms with E-state index in [4.69, 9.17) is 4.52 Å². The molecule has 0 radical (unpaired) electrons. The average molecular weight is 232 g/mol. The number of aromatic amines is 2. The highest BCUT2D eigenvalue weighted by molar-refractivity contribution is 7.03. The third-order valence-corrected chi connectivity index (χ3v) is 2.47. The molecule has 4 heteroatoms. The maximum absolute atomic E-state index is 5.13. The Balaban J connectivity index is 2.52. The molecule has 0 aliphatic heterocycles. The van der Waals surface area contributed by atoms with Crippen LogP contribution in [0.5, 0.6) is 0 Å². The fourth-order valence-electron chi connectivity index (χ4n) is 1.18. The molecule has 0 saturated carbocycles. The second kappa shape index (κ2) is 5.82. The predicted molar refractivity (Wildman–Crippen MR) is 66.0 cm³/mol. The van der Waals surface area contributed by atoms with E-state index in [2.05, 4.69) is 9.53 Å². The van der Waals surface area contributed by atoms with Gasteiger partial charge in [-0.15, -0.1) is 0 Å². The molecule has 82 valence electrons. The fourth-order valence-corrected chi connectivity index (χ4v) is 1.63. The molecule has 0 amide bonds. The minimum absolute atomic E-state index is 0.903. The molecule has 16 heavy (non-hydrogen) atoms. The molecule has 0 atom stereocenters. The minimum Gasteiger partial charge on any atom is -0.390 e. The zero-order valence-electron chi connectivity index (χ0n) is 8.59. The summed E-state index contributed by atoms with van der Waals surface area (Å²) >= 11 is 1.52. The van der Waals surface area contributed by atoms with Crippen molar-refractivity contribution in [3.05, 3.63) is 60.3 Å². The van der Waals surface area contributed by atoms with Crippen molar-refractivity contribution < 1.29 is 4.52 Å². The summed E-state index contributed by atoms with van der Waals surface area (Å²) in [6.07, 6.45) is 3.52. The summed E-state index contributed by atoms with van der Waals surface area (Å²) in [7, 11) is 0. The molecule has 0 aliphatic rings. The van der Waals surface area contributed by atoms with Crippen molar-refractivity contribution in [2.75, 3.05) is 0 Å². The molecule has 2 heterocycles. The highest BCUT2D eigenvalue weighted by Crippen LogP contribution is 2.12. The highest BCUT2D eigenvalue weighted by Gasteiger charge is 1.92. The Morgan fingerprint density at radius 1 is 1.00 bits per heavy atom. The quantitative estimate of drug-likeness (QED) is 0.769. The Labute approximate surface area is 97.5 Å². The van der Waals surface area contributed by atoms with Crippen LogP contribution in [0.15, 0.2) is 64.8 Å². The van der Waals surface area contributed by atoms with Gasteiger partial charge < -0.3 is 8.90 Å². The van der Waals surface area contributed by atoms with Crippen molar-refractivity contribution in [1.82, 2.24) is 9.53 Å². The second-order valence-corrected chi connectivity index (χ2v) is 3.78. The first-order chi connectivity index (χ1) is 7.97. The Hall–Kier alpha value is -1.94. The monoisotopic (exact) mass is 232 g/mol. The van der Waals surface area contributed by atoms with Crippen molar-refractivity contribution in [3.8, 4) is 11.3 Å². The Kier molecular flexibility index (Phi) is 3.85. The standard InChI is InChI=1S/C12H12N2OS/c1-2-7-12(14-15-8-4-1)11-6-3-5-9-16-13-10-11/h1-10,13-14H. The lowest BCUT2D eigenvalue weighted by Crippen LogP contribution is -1.78. The van der Waals surface area contributed by atoms with Gasteiger partial charge >= 0.3 is 0 Å². The third kappa shape index (κ3) is 3.03. The fraction of sp³-hybridized carbons (Fsp3) is 0. The summed E-state index contributed by atoms with van der Waals surface area (Å²) in [5, 5.41) is 4.84. The molecule has 2 aromatic heterocycles. The lowest BCUT2D eigenvalue weighted by molar-refractivity contribution is 0.407. The van der Waals surface area contributed by atoms with E-state index in [0.29, 0.717) is 0 Å². The van der Waals surface area contributed by atoms with Gasteiger partial charge in [-0.05, 0) is 12.1 Å². The first-order valence-corrected chi connectivity index (χ1v) is 5.75. The second-order valence-electron chi connectivity index (χ2n) is 3.04. The summed E-state index contributed by atoms with van der Waals surface area (Å²) in [6, 6.07) is 13.6. The molecule has 0 saturated heterocycles. The minimum atomic E-state index is 0.903. The average Bonchev–Trinajstić information content (AvgIpc) is 2.18. The van der Waals surface area contributed by atoms with Crippen molar-refractivity contribution in [2.45, 2.75) is 0 Å². The van der Waals surface area contributed by atoms with Gasteiger partial charge in [-0.1, -0.05) is 41.9 Å². The summed E-state index contributed by atoms with van der Waals surface area (Å²) in [5.74, 6) is 0. The molecule has 0 spiro atoms. The first-order valence-electron chi connectivity index (χ1n) is 4.87. The molecule has 0 aromatic carbocycles. The van der Waals surface area contributed by atoms with Crippen molar-refractivity contribution in [1.29, 1.82) is 0 Å². The van der Waals surface area contributed by atoms with Crippen molar-refractivity contribution in [2.24, 2.45) is 0 Å². The topological polar surface area (TPSA) is 44.7 Å². The first kappa shape index (κ1) is 10.6. The van der Waals surface area contributed by atoms with Crippen LogP contribution in [0.4, 0.5) is 0 Å². The molecule has 2 N–H and O–H groups in total. The van der Waals surface area contributed by atoms with Crippen molar-refractivity contribution >= 4 is 11.5 Å². The molecule has 0 aliphatic carbocycles. The molecule has 3 nitrogen and oxygen atoms in total. The van der Waals surface area contributed by atoms with Crippen LogP contribution >= 0.6 is 11.5 Å². The van der Waals surface area contributed by atoms with E-state index in [1.807, 2.05) is 54.0 Å². The molecular weight excluding hydrogens is 220 g/mol. The smallest absolute Gasteiger partial charge is 0.119 e. The van der Waals surface area contributed by atoms with Gasteiger partial charge in [0.05, 0.1) is 5.69 Å². The van der Waals surface area contributed by atoms with Gasteiger partial charge in [0.25, 0.3) is 0 Å². The Morgan fingerprint density at radius 3 is 2.94 bits per heavy atom. The van der Waals surface area contributed by atoms with Gasteiger partial charge in [-0.2, -0.15) is 0 Å². The van der Waals surface area contributed by atoms with Gasteiger partial charge in [-0.3, -0.25) is 0 Å². The van der Waals surface area contributed by atoms with E-state index in [-0.39, 0.29) is 0 Å². The van der Waals surface area contributed by atoms with Crippen LogP contribution in [0, 0.1) is 0 Å². The summed E-state index contributed by atoms with van der Waals surface area (Å²) < 4.78 is 8.24. The molecule has 2 aromatic rings. The van der Waals surface area contributed by atoms with Crippen LogP contribution < -0.4 is 0 Å². The SMILES string of the molecule is c1cco[nH]c(-c2ccccs[nH]c2)cc1. The van der Waals surface area contributed by atoms with E-state index in [0.717, 1.165) is 11.3 Å². The zero-order valence-corrected chi connectivity index (χ0v) is 9.41. The van der Waals surface area contributed by atoms with E-state index in [9.17, 15) is 0 Å². The maximum atomic E-state index is 5.13. The Bertz CT molecular complexity index is 431. The third-order valence-electron chi connectivity index (χ3n) is 1.93. The number of hydrogen-bond donors (Lipinski definition) is 2. The summed E-state index contributed by atoms with van der Waals surface area (Å²) in [6.45, 7) is 0.